The Labute approximate surface area is 176 Å². The van der Waals surface area contributed by atoms with Gasteiger partial charge in [-0.2, -0.15) is 0 Å². The molecule has 2 amide bonds. The molecular formula is C21H42N4O4. The molecule has 1 fully saturated rings. The number of carbonyl (C=O) groups is 2. The van der Waals surface area contributed by atoms with Crippen LogP contribution in [0.15, 0.2) is 0 Å². The zero-order valence-electron chi connectivity index (χ0n) is 19.3. The second-order valence-corrected chi connectivity index (χ2v) is 9.60. The van der Waals surface area contributed by atoms with Crippen molar-refractivity contribution in [2.45, 2.75) is 72.0 Å². The number of carbonyl (C=O) groups excluding carboxylic acids is 2. The molecule has 29 heavy (non-hydrogen) atoms. The van der Waals surface area contributed by atoms with Gasteiger partial charge in [-0.15, -0.1) is 0 Å². The van der Waals surface area contributed by atoms with Gasteiger partial charge in [0, 0.05) is 39.3 Å². The summed E-state index contributed by atoms with van der Waals surface area (Å²) in [5.41, 5.74) is -1.01. The van der Waals surface area contributed by atoms with Crippen LogP contribution in [-0.4, -0.2) is 85.5 Å². The van der Waals surface area contributed by atoms with Crippen LogP contribution in [0.2, 0.25) is 0 Å². The van der Waals surface area contributed by atoms with E-state index in [9.17, 15) is 9.59 Å². The fraction of sp³-hybridized carbons (Fsp3) is 0.905. The first-order chi connectivity index (χ1) is 13.4. The number of ether oxygens (including phenoxy) is 2. The summed E-state index contributed by atoms with van der Waals surface area (Å²) < 4.78 is 10.6. The first kappa shape index (κ1) is 25.5. The Morgan fingerprint density at radius 1 is 0.793 bits per heavy atom. The number of piperidine rings is 1. The van der Waals surface area contributed by atoms with Gasteiger partial charge in [0.25, 0.3) is 0 Å². The number of nitrogens with zero attached hydrogens (tertiary/aromatic N) is 2. The van der Waals surface area contributed by atoms with Crippen molar-refractivity contribution >= 4 is 12.2 Å². The van der Waals surface area contributed by atoms with Gasteiger partial charge < -0.3 is 25.0 Å². The van der Waals surface area contributed by atoms with Gasteiger partial charge in [-0.3, -0.25) is 4.90 Å². The summed E-state index contributed by atoms with van der Waals surface area (Å²) in [6.07, 6.45) is 3.04. The number of alkyl carbamates (subject to hydrolysis) is 2. The van der Waals surface area contributed by atoms with Gasteiger partial charge in [0.15, 0.2) is 0 Å². The van der Waals surface area contributed by atoms with Gasteiger partial charge in [0.05, 0.1) is 0 Å². The molecule has 1 saturated heterocycles. The van der Waals surface area contributed by atoms with Crippen LogP contribution in [0.3, 0.4) is 0 Å². The molecule has 8 nitrogen and oxygen atoms in total. The predicted molar refractivity (Wildman–Crippen MR) is 115 cm³/mol. The lowest BCUT2D eigenvalue weighted by Crippen LogP contribution is -2.44. The molecule has 8 heteroatoms. The van der Waals surface area contributed by atoms with Crippen molar-refractivity contribution in [2.75, 3.05) is 52.4 Å². The monoisotopic (exact) mass is 414 g/mol. The molecule has 1 aliphatic heterocycles. The van der Waals surface area contributed by atoms with Crippen molar-refractivity contribution in [3.63, 3.8) is 0 Å². The summed E-state index contributed by atoms with van der Waals surface area (Å²) in [5, 5.41) is 5.62. The van der Waals surface area contributed by atoms with Crippen molar-refractivity contribution in [1.82, 2.24) is 20.4 Å². The number of hydrogen-bond donors (Lipinski definition) is 2. The van der Waals surface area contributed by atoms with E-state index in [0.717, 1.165) is 26.2 Å². The van der Waals surface area contributed by atoms with Crippen LogP contribution in [-0.2, 0) is 9.47 Å². The third kappa shape index (κ3) is 14.1. The zero-order valence-corrected chi connectivity index (χ0v) is 19.3. The van der Waals surface area contributed by atoms with Crippen LogP contribution >= 0.6 is 0 Å². The number of rotatable bonds is 9. The maximum atomic E-state index is 11.8. The molecule has 0 aliphatic carbocycles. The first-order valence-electron chi connectivity index (χ1n) is 10.8. The molecule has 0 aromatic carbocycles. The maximum absolute atomic E-state index is 11.8. The normalized spacial score (nSPS) is 15.8. The van der Waals surface area contributed by atoms with Crippen molar-refractivity contribution in [2.24, 2.45) is 0 Å². The molecule has 0 saturated carbocycles. The number of hydrogen-bond acceptors (Lipinski definition) is 6. The van der Waals surface area contributed by atoms with Gasteiger partial charge in [0.2, 0.25) is 0 Å². The highest BCUT2D eigenvalue weighted by atomic mass is 16.6. The molecular weight excluding hydrogens is 372 g/mol. The van der Waals surface area contributed by atoms with Crippen molar-refractivity contribution in [3.8, 4) is 0 Å². The molecule has 0 unspecified atom stereocenters. The molecule has 1 rings (SSSR count). The van der Waals surface area contributed by atoms with Crippen LogP contribution in [0.25, 0.3) is 0 Å². The first-order valence-corrected chi connectivity index (χ1v) is 10.8. The van der Waals surface area contributed by atoms with Crippen molar-refractivity contribution in [3.05, 3.63) is 0 Å². The minimum atomic E-state index is -0.505. The summed E-state index contributed by atoms with van der Waals surface area (Å²) in [6, 6.07) is 0. The van der Waals surface area contributed by atoms with E-state index in [1.54, 1.807) is 0 Å². The third-order valence-electron chi connectivity index (χ3n) is 4.37. The molecule has 1 aliphatic rings. The second-order valence-electron chi connectivity index (χ2n) is 9.60. The summed E-state index contributed by atoms with van der Waals surface area (Å²) in [6.45, 7) is 17.7. The van der Waals surface area contributed by atoms with Gasteiger partial charge in [0.1, 0.15) is 11.2 Å². The Bertz CT molecular complexity index is 460. The Kier molecular flexibility index (Phi) is 10.7. The van der Waals surface area contributed by atoms with Crippen LogP contribution in [0.1, 0.15) is 60.8 Å². The molecule has 0 aromatic heterocycles. The second kappa shape index (κ2) is 12.2. The van der Waals surface area contributed by atoms with Gasteiger partial charge in [-0.1, -0.05) is 6.42 Å². The Hall–Kier alpha value is -1.54. The fourth-order valence-corrected chi connectivity index (χ4v) is 3.06. The Morgan fingerprint density at radius 3 is 1.66 bits per heavy atom. The SMILES string of the molecule is CC(C)(C)OC(=O)NCCN(CCNC(=O)OC(C)(C)C)CCN1CCCCC1. The lowest BCUT2D eigenvalue weighted by Gasteiger charge is -2.30. The van der Waals surface area contributed by atoms with E-state index in [1.165, 1.54) is 19.3 Å². The smallest absolute Gasteiger partial charge is 0.407 e. The highest BCUT2D eigenvalue weighted by molar-refractivity contribution is 5.68. The van der Waals surface area contributed by atoms with E-state index >= 15 is 0 Å². The Balaban J connectivity index is 2.41. The molecule has 2 N–H and O–H groups in total. The minimum absolute atomic E-state index is 0.402. The number of likely N-dealkylation sites (tertiary alicyclic amines) is 1. The number of amides is 2. The average Bonchev–Trinajstić information content (AvgIpc) is 2.57. The molecule has 0 bridgehead atoms. The fourth-order valence-electron chi connectivity index (χ4n) is 3.06. The Morgan fingerprint density at radius 2 is 1.24 bits per heavy atom. The van der Waals surface area contributed by atoms with E-state index in [0.29, 0.717) is 26.2 Å². The molecule has 0 atom stereocenters. The standard InChI is InChI=1S/C21H42N4O4/c1-20(2,3)28-18(26)22-10-14-25(17-16-24-12-8-7-9-13-24)15-11-23-19(27)29-21(4,5)6/h7-17H2,1-6H3,(H,22,26)(H,23,27). The third-order valence-corrected chi connectivity index (χ3v) is 4.37. The topological polar surface area (TPSA) is 83.1 Å². The molecule has 0 spiro atoms. The summed E-state index contributed by atoms with van der Waals surface area (Å²) in [4.78, 5) is 28.4. The van der Waals surface area contributed by atoms with Gasteiger partial charge in [-0.05, 0) is 67.5 Å². The lowest BCUT2D eigenvalue weighted by molar-refractivity contribution is 0.0520. The molecule has 1 heterocycles. The average molecular weight is 415 g/mol. The van der Waals surface area contributed by atoms with Gasteiger partial charge >= 0.3 is 12.2 Å². The van der Waals surface area contributed by atoms with E-state index < -0.39 is 23.4 Å². The summed E-state index contributed by atoms with van der Waals surface area (Å²) in [7, 11) is 0. The highest BCUT2D eigenvalue weighted by Gasteiger charge is 2.18. The molecule has 170 valence electrons. The predicted octanol–water partition coefficient (Wildman–Crippen LogP) is 2.82. The van der Waals surface area contributed by atoms with E-state index in [2.05, 4.69) is 20.4 Å². The maximum Gasteiger partial charge on any atom is 0.407 e. The zero-order chi connectivity index (χ0) is 21.9. The van der Waals surface area contributed by atoms with Crippen LogP contribution in [0.5, 0.6) is 0 Å². The lowest BCUT2D eigenvalue weighted by atomic mass is 10.1. The van der Waals surface area contributed by atoms with Crippen LogP contribution in [0, 0.1) is 0 Å². The highest BCUT2D eigenvalue weighted by Crippen LogP contribution is 2.09. The van der Waals surface area contributed by atoms with E-state index in [4.69, 9.17) is 9.47 Å². The number of nitrogens with one attached hydrogen (secondary N) is 2. The summed E-state index contributed by atoms with van der Waals surface area (Å²) in [5.74, 6) is 0. The molecule has 0 aromatic rings. The summed E-state index contributed by atoms with van der Waals surface area (Å²) >= 11 is 0. The van der Waals surface area contributed by atoms with E-state index in [-0.39, 0.29) is 0 Å². The van der Waals surface area contributed by atoms with Crippen LogP contribution < -0.4 is 10.6 Å². The van der Waals surface area contributed by atoms with Crippen molar-refractivity contribution in [1.29, 1.82) is 0 Å². The van der Waals surface area contributed by atoms with Gasteiger partial charge in [-0.25, -0.2) is 9.59 Å². The largest absolute Gasteiger partial charge is 0.444 e. The minimum Gasteiger partial charge on any atom is -0.444 e. The van der Waals surface area contributed by atoms with Crippen molar-refractivity contribution < 1.29 is 19.1 Å². The quantitative estimate of drug-likeness (QED) is 0.604. The van der Waals surface area contributed by atoms with E-state index in [1.807, 2.05) is 41.5 Å². The van der Waals surface area contributed by atoms with Crippen LogP contribution in [0.4, 0.5) is 9.59 Å². The molecule has 0 radical (unpaired) electrons.